The van der Waals surface area contributed by atoms with Crippen LogP contribution in [0, 0.1) is 5.92 Å². The summed E-state index contributed by atoms with van der Waals surface area (Å²) in [7, 11) is 4.32. The van der Waals surface area contributed by atoms with Crippen LogP contribution in [0.4, 0.5) is 5.69 Å². The Bertz CT molecular complexity index is 648. The summed E-state index contributed by atoms with van der Waals surface area (Å²) < 4.78 is 15.8. The van der Waals surface area contributed by atoms with Gasteiger partial charge in [-0.1, -0.05) is 6.42 Å². The van der Waals surface area contributed by atoms with Crippen molar-refractivity contribution in [1.29, 1.82) is 0 Å². The van der Waals surface area contributed by atoms with Crippen LogP contribution in [0.1, 0.15) is 19.3 Å². The van der Waals surface area contributed by atoms with E-state index in [-0.39, 0.29) is 6.29 Å². The number of ether oxygens (including phenoxy) is 3. The first-order valence-corrected chi connectivity index (χ1v) is 7.79. The Morgan fingerprint density at radius 3 is 2.16 bits per heavy atom. The van der Waals surface area contributed by atoms with Crippen LogP contribution in [0.15, 0.2) is 12.1 Å². The third-order valence-electron chi connectivity index (χ3n) is 4.39. The molecule has 1 fully saturated rings. The van der Waals surface area contributed by atoms with Gasteiger partial charge < -0.3 is 24.2 Å². The summed E-state index contributed by atoms with van der Waals surface area (Å²) in [5, 5.41) is 9.42. The van der Waals surface area contributed by atoms with Crippen molar-refractivity contribution in [2.75, 3.05) is 26.2 Å². The second-order valence-electron chi connectivity index (χ2n) is 5.65. The number of carbonyl (C=O) groups is 3. The van der Waals surface area contributed by atoms with Crippen LogP contribution < -0.4 is 19.1 Å². The second kappa shape index (κ2) is 7.87. The Morgan fingerprint density at radius 2 is 1.72 bits per heavy atom. The highest BCUT2D eigenvalue weighted by atomic mass is 16.5. The molecule has 2 rings (SSSR count). The van der Waals surface area contributed by atoms with E-state index in [2.05, 4.69) is 0 Å². The molecule has 136 valence electrons. The number of methoxy groups -OCH3 is 3. The Hall–Kier alpha value is -2.77. The average molecular weight is 351 g/mol. The van der Waals surface area contributed by atoms with E-state index >= 15 is 0 Å². The molecule has 1 N–H and O–H groups in total. The zero-order valence-corrected chi connectivity index (χ0v) is 14.4. The van der Waals surface area contributed by atoms with Gasteiger partial charge in [-0.3, -0.25) is 14.4 Å². The van der Waals surface area contributed by atoms with E-state index in [1.807, 2.05) is 0 Å². The van der Waals surface area contributed by atoms with Gasteiger partial charge in [0.25, 0.3) is 5.91 Å². The average Bonchev–Trinajstić information content (AvgIpc) is 3.10. The molecule has 8 nitrogen and oxygen atoms in total. The predicted molar refractivity (Wildman–Crippen MR) is 88.4 cm³/mol. The number of amides is 1. The van der Waals surface area contributed by atoms with Gasteiger partial charge in [-0.25, -0.2) is 0 Å². The summed E-state index contributed by atoms with van der Waals surface area (Å²) in [5.74, 6) is -1.57. The molecule has 1 aromatic rings. The molecule has 25 heavy (non-hydrogen) atoms. The van der Waals surface area contributed by atoms with Crippen molar-refractivity contribution in [3.8, 4) is 17.2 Å². The van der Waals surface area contributed by atoms with Gasteiger partial charge in [0.1, 0.15) is 0 Å². The highest BCUT2D eigenvalue weighted by Gasteiger charge is 2.40. The standard InChI is InChI=1S/C17H21NO7/c1-23-13-7-10(8-14(24-2)16(13)25-3)18(15(20)9-19)12-6-4-5-11(12)17(21)22/h7-9,11-12H,4-6H2,1-3H3,(H,21,22)/t11-,12+/m1/s1. The second-order valence-corrected chi connectivity index (χ2v) is 5.65. The number of aliphatic carboxylic acids is 1. The first-order chi connectivity index (χ1) is 12.0. The minimum absolute atomic E-state index is 0.181. The van der Waals surface area contributed by atoms with Gasteiger partial charge in [0, 0.05) is 12.1 Å². The number of carboxylic acid groups (broad SMARTS) is 1. The lowest BCUT2D eigenvalue weighted by Crippen LogP contribution is -2.45. The summed E-state index contributed by atoms with van der Waals surface area (Å²) in [6, 6.07) is 2.44. The molecular weight excluding hydrogens is 330 g/mol. The zero-order chi connectivity index (χ0) is 18.6. The first kappa shape index (κ1) is 18.6. The third kappa shape index (κ3) is 3.52. The Balaban J connectivity index is 2.57. The molecule has 0 saturated heterocycles. The lowest BCUT2D eigenvalue weighted by Gasteiger charge is -2.31. The van der Waals surface area contributed by atoms with Crippen LogP contribution in [-0.4, -0.2) is 50.6 Å². The molecule has 0 bridgehead atoms. The van der Waals surface area contributed by atoms with Crippen molar-refractivity contribution < 1.29 is 33.7 Å². The Kier molecular flexibility index (Phi) is 5.84. The molecule has 1 aliphatic rings. The van der Waals surface area contributed by atoms with E-state index in [0.717, 1.165) is 0 Å². The molecule has 1 aliphatic carbocycles. The number of rotatable bonds is 7. The molecule has 1 amide bonds. The third-order valence-corrected chi connectivity index (χ3v) is 4.39. The van der Waals surface area contributed by atoms with Crippen LogP contribution in [-0.2, 0) is 14.4 Å². The molecule has 1 aromatic carbocycles. The first-order valence-electron chi connectivity index (χ1n) is 7.79. The number of carbonyl (C=O) groups excluding carboxylic acids is 2. The van der Waals surface area contributed by atoms with Crippen molar-refractivity contribution in [3.63, 3.8) is 0 Å². The van der Waals surface area contributed by atoms with Gasteiger partial charge >= 0.3 is 5.97 Å². The van der Waals surface area contributed by atoms with Gasteiger partial charge in [0.2, 0.25) is 12.0 Å². The Labute approximate surface area is 145 Å². The monoisotopic (exact) mass is 351 g/mol. The van der Waals surface area contributed by atoms with Gasteiger partial charge in [0.05, 0.1) is 39.0 Å². The molecule has 0 unspecified atom stereocenters. The van der Waals surface area contributed by atoms with E-state index in [1.165, 1.54) is 38.4 Å². The van der Waals surface area contributed by atoms with Crippen molar-refractivity contribution in [3.05, 3.63) is 12.1 Å². The highest BCUT2D eigenvalue weighted by Crippen LogP contribution is 2.43. The van der Waals surface area contributed by atoms with Gasteiger partial charge in [0.15, 0.2) is 11.5 Å². The van der Waals surface area contributed by atoms with Gasteiger partial charge in [-0.2, -0.15) is 0 Å². The van der Waals surface area contributed by atoms with E-state index < -0.39 is 23.8 Å². The summed E-state index contributed by atoms with van der Waals surface area (Å²) in [6.45, 7) is 0. The molecule has 0 aliphatic heterocycles. The maximum Gasteiger partial charge on any atom is 0.308 e. The van der Waals surface area contributed by atoms with E-state index in [4.69, 9.17) is 14.2 Å². The van der Waals surface area contributed by atoms with Gasteiger partial charge in [-0.05, 0) is 12.8 Å². The number of hydrogen-bond acceptors (Lipinski definition) is 6. The van der Waals surface area contributed by atoms with Crippen molar-refractivity contribution in [1.82, 2.24) is 0 Å². The van der Waals surface area contributed by atoms with Crippen LogP contribution in [0.25, 0.3) is 0 Å². The van der Waals surface area contributed by atoms with E-state index in [1.54, 1.807) is 0 Å². The molecule has 0 aromatic heterocycles. The number of benzene rings is 1. The van der Waals surface area contributed by atoms with Crippen molar-refractivity contribution in [2.45, 2.75) is 25.3 Å². The summed E-state index contributed by atoms with van der Waals surface area (Å²) in [4.78, 5) is 36.2. The number of aldehydes is 1. The van der Waals surface area contributed by atoms with Crippen LogP contribution in [0.5, 0.6) is 17.2 Å². The largest absolute Gasteiger partial charge is 0.493 e. The smallest absolute Gasteiger partial charge is 0.308 e. The predicted octanol–water partition coefficient (Wildman–Crippen LogP) is 1.50. The molecular formula is C17H21NO7. The number of anilines is 1. The summed E-state index contributed by atoms with van der Waals surface area (Å²) >= 11 is 0. The maximum atomic E-state index is 12.3. The van der Waals surface area contributed by atoms with E-state index in [0.29, 0.717) is 42.2 Å². The number of hydrogen-bond donors (Lipinski definition) is 1. The van der Waals surface area contributed by atoms with Crippen LogP contribution in [0.3, 0.4) is 0 Å². The number of nitrogens with zero attached hydrogens (tertiary/aromatic N) is 1. The quantitative estimate of drug-likeness (QED) is 0.586. The lowest BCUT2D eigenvalue weighted by atomic mass is 10.0. The normalized spacial score (nSPS) is 19.2. The Morgan fingerprint density at radius 1 is 1.12 bits per heavy atom. The van der Waals surface area contributed by atoms with Crippen molar-refractivity contribution >= 4 is 23.9 Å². The fraction of sp³-hybridized carbons (Fsp3) is 0.471. The SMILES string of the molecule is COc1cc(N(C(=O)C=O)[C@H]2CCC[C@H]2C(=O)O)cc(OC)c1OC. The lowest BCUT2D eigenvalue weighted by molar-refractivity contribution is -0.142. The maximum absolute atomic E-state index is 12.3. The van der Waals surface area contributed by atoms with Crippen LogP contribution >= 0.6 is 0 Å². The minimum atomic E-state index is -0.987. The van der Waals surface area contributed by atoms with Gasteiger partial charge in [-0.15, -0.1) is 0 Å². The fourth-order valence-corrected chi connectivity index (χ4v) is 3.28. The molecule has 0 spiro atoms. The molecule has 0 heterocycles. The molecule has 2 atom stereocenters. The summed E-state index contributed by atoms with van der Waals surface area (Å²) in [6.07, 6.45) is 1.79. The number of carboxylic acids is 1. The summed E-state index contributed by atoms with van der Waals surface area (Å²) in [5.41, 5.74) is 0.324. The minimum Gasteiger partial charge on any atom is -0.493 e. The highest BCUT2D eigenvalue weighted by molar-refractivity contribution is 6.30. The zero-order valence-electron chi connectivity index (χ0n) is 14.4. The molecule has 1 saturated carbocycles. The molecule has 0 radical (unpaired) electrons. The van der Waals surface area contributed by atoms with Crippen LogP contribution in [0.2, 0.25) is 0 Å². The fourth-order valence-electron chi connectivity index (χ4n) is 3.28. The molecule has 8 heteroatoms. The van der Waals surface area contributed by atoms with Crippen molar-refractivity contribution in [2.24, 2.45) is 5.92 Å². The van der Waals surface area contributed by atoms with E-state index in [9.17, 15) is 19.5 Å². The topological polar surface area (TPSA) is 102 Å².